The van der Waals surface area contributed by atoms with Crippen molar-refractivity contribution in [2.45, 2.75) is 38.8 Å². The lowest BCUT2D eigenvalue weighted by Gasteiger charge is -2.23. The van der Waals surface area contributed by atoms with Gasteiger partial charge in [-0.05, 0) is 24.7 Å². The molecule has 14 heavy (non-hydrogen) atoms. The first kappa shape index (κ1) is 12.0. The number of hydrogen-bond acceptors (Lipinski definition) is 3. The molecule has 0 heterocycles. The molecule has 1 aliphatic rings. The Morgan fingerprint density at radius 2 is 2.07 bits per heavy atom. The number of methoxy groups -OCH3 is 1. The molecule has 0 amide bonds. The summed E-state index contributed by atoms with van der Waals surface area (Å²) >= 11 is 0. The minimum Gasteiger partial charge on any atom is -0.389 e. The van der Waals surface area contributed by atoms with Crippen molar-refractivity contribution in [1.29, 1.82) is 0 Å². The molecule has 0 aliphatic heterocycles. The first-order valence-corrected chi connectivity index (χ1v) is 5.55. The van der Waals surface area contributed by atoms with Gasteiger partial charge in [0.15, 0.2) is 0 Å². The Morgan fingerprint density at radius 3 is 2.50 bits per heavy atom. The molecule has 0 saturated heterocycles. The summed E-state index contributed by atoms with van der Waals surface area (Å²) in [5.74, 6) is 1.49. The fourth-order valence-electron chi connectivity index (χ4n) is 1.93. The number of aliphatic hydroxyl groups is 1. The second-order valence-corrected chi connectivity index (χ2v) is 4.62. The summed E-state index contributed by atoms with van der Waals surface area (Å²) < 4.78 is 4.88. The first-order valence-electron chi connectivity index (χ1n) is 5.55. The van der Waals surface area contributed by atoms with Gasteiger partial charge in [0.1, 0.15) is 0 Å². The van der Waals surface area contributed by atoms with Crippen molar-refractivity contribution >= 4 is 0 Å². The van der Waals surface area contributed by atoms with E-state index >= 15 is 0 Å². The smallest absolute Gasteiger partial charge is 0.0897 e. The van der Waals surface area contributed by atoms with Crippen LogP contribution in [-0.2, 0) is 4.74 Å². The molecule has 2 N–H and O–H groups in total. The Bertz CT molecular complexity index is 155. The van der Waals surface area contributed by atoms with Gasteiger partial charge < -0.3 is 15.2 Å². The third kappa shape index (κ3) is 3.95. The molecular formula is C11H23NO2. The quantitative estimate of drug-likeness (QED) is 0.646. The maximum Gasteiger partial charge on any atom is 0.0897 e. The van der Waals surface area contributed by atoms with Crippen LogP contribution in [0.5, 0.6) is 0 Å². The average molecular weight is 201 g/mol. The molecule has 3 heteroatoms. The summed E-state index contributed by atoms with van der Waals surface area (Å²) in [5.41, 5.74) is 0. The molecule has 1 aliphatic carbocycles. The Labute approximate surface area is 86.8 Å². The highest BCUT2D eigenvalue weighted by Gasteiger charge is 2.32. The summed E-state index contributed by atoms with van der Waals surface area (Å²) in [5, 5.41) is 12.9. The van der Waals surface area contributed by atoms with E-state index in [-0.39, 0.29) is 6.10 Å². The molecule has 0 aromatic carbocycles. The lowest BCUT2D eigenvalue weighted by molar-refractivity contribution is 0.0608. The number of ether oxygens (including phenoxy) is 1. The van der Waals surface area contributed by atoms with Crippen LogP contribution in [0.15, 0.2) is 0 Å². The van der Waals surface area contributed by atoms with Crippen molar-refractivity contribution < 1.29 is 9.84 Å². The van der Waals surface area contributed by atoms with Gasteiger partial charge in [0, 0.05) is 19.7 Å². The molecule has 84 valence electrons. The first-order chi connectivity index (χ1) is 6.65. The van der Waals surface area contributed by atoms with Crippen LogP contribution < -0.4 is 5.32 Å². The molecule has 1 rings (SSSR count). The Balaban J connectivity index is 2.19. The van der Waals surface area contributed by atoms with E-state index in [1.807, 2.05) is 0 Å². The summed E-state index contributed by atoms with van der Waals surface area (Å²) in [6.07, 6.45) is 2.31. The highest BCUT2D eigenvalue weighted by atomic mass is 16.5. The predicted molar refractivity (Wildman–Crippen MR) is 57.2 cm³/mol. The van der Waals surface area contributed by atoms with E-state index < -0.39 is 0 Å². The number of rotatable bonds is 7. The molecule has 0 aromatic heterocycles. The fourth-order valence-corrected chi connectivity index (χ4v) is 1.93. The molecule has 0 bridgehead atoms. The van der Waals surface area contributed by atoms with E-state index in [2.05, 4.69) is 19.2 Å². The summed E-state index contributed by atoms with van der Waals surface area (Å²) in [6, 6.07) is 0.571. The van der Waals surface area contributed by atoms with Gasteiger partial charge in [-0.3, -0.25) is 0 Å². The van der Waals surface area contributed by atoms with Gasteiger partial charge in [-0.2, -0.15) is 0 Å². The number of aliphatic hydroxyl groups excluding tert-OH is 1. The maximum absolute atomic E-state index is 9.49. The van der Waals surface area contributed by atoms with Crippen molar-refractivity contribution in [2.24, 2.45) is 11.8 Å². The van der Waals surface area contributed by atoms with Crippen LogP contribution in [0.1, 0.15) is 26.7 Å². The summed E-state index contributed by atoms with van der Waals surface area (Å²) in [7, 11) is 1.62. The minimum atomic E-state index is -0.375. The lowest BCUT2D eigenvalue weighted by atomic mass is 9.99. The highest BCUT2D eigenvalue weighted by Crippen LogP contribution is 2.35. The largest absolute Gasteiger partial charge is 0.389 e. The molecule has 2 unspecified atom stereocenters. The lowest BCUT2D eigenvalue weighted by Crippen LogP contribution is -2.41. The Kier molecular flexibility index (Phi) is 4.85. The van der Waals surface area contributed by atoms with Gasteiger partial charge in [0.05, 0.1) is 12.7 Å². The van der Waals surface area contributed by atoms with E-state index in [0.717, 1.165) is 5.92 Å². The average Bonchev–Trinajstić information content (AvgIpc) is 2.88. The second kappa shape index (κ2) is 5.69. The fraction of sp³-hybridized carbons (Fsp3) is 1.00. The van der Waals surface area contributed by atoms with E-state index in [1.165, 1.54) is 12.8 Å². The number of hydrogen-bond donors (Lipinski definition) is 2. The van der Waals surface area contributed by atoms with Crippen molar-refractivity contribution in [3.63, 3.8) is 0 Å². The SMILES string of the molecule is COCC(O)CNC(C(C)C)C1CC1. The van der Waals surface area contributed by atoms with Crippen molar-refractivity contribution in [1.82, 2.24) is 5.32 Å². The normalized spacial score (nSPS) is 21.2. The van der Waals surface area contributed by atoms with E-state index in [9.17, 15) is 5.11 Å². The van der Waals surface area contributed by atoms with Gasteiger partial charge in [0.2, 0.25) is 0 Å². The Morgan fingerprint density at radius 1 is 1.43 bits per heavy atom. The third-order valence-electron chi connectivity index (χ3n) is 2.80. The van der Waals surface area contributed by atoms with E-state index in [1.54, 1.807) is 7.11 Å². The van der Waals surface area contributed by atoms with Crippen molar-refractivity contribution in [3.8, 4) is 0 Å². The standard InChI is InChI=1S/C11H23NO2/c1-8(2)11(9-4-5-9)12-6-10(13)7-14-3/h8-13H,4-7H2,1-3H3. The highest BCUT2D eigenvalue weighted by molar-refractivity contribution is 4.88. The van der Waals surface area contributed by atoms with Crippen LogP contribution in [-0.4, -0.2) is 37.5 Å². The van der Waals surface area contributed by atoms with E-state index in [0.29, 0.717) is 25.1 Å². The maximum atomic E-state index is 9.49. The van der Waals surface area contributed by atoms with Gasteiger partial charge in [-0.25, -0.2) is 0 Å². The summed E-state index contributed by atoms with van der Waals surface area (Å²) in [6.45, 7) is 5.53. The monoisotopic (exact) mass is 201 g/mol. The zero-order valence-corrected chi connectivity index (χ0v) is 9.49. The summed E-state index contributed by atoms with van der Waals surface area (Å²) in [4.78, 5) is 0. The number of nitrogens with one attached hydrogen (secondary N) is 1. The van der Waals surface area contributed by atoms with Crippen LogP contribution >= 0.6 is 0 Å². The predicted octanol–water partition coefficient (Wildman–Crippen LogP) is 1.02. The van der Waals surface area contributed by atoms with Gasteiger partial charge >= 0.3 is 0 Å². The third-order valence-corrected chi connectivity index (χ3v) is 2.80. The topological polar surface area (TPSA) is 41.5 Å². The van der Waals surface area contributed by atoms with Crippen molar-refractivity contribution in [2.75, 3.05) is 20.3 Å². The van der Waals surface area contributed by atoms with Crippen LogP contribution in [0.2, 0.25) is 0 Å². The molecule has 1 fully saturated rings. The van der Waals surface area contributed by atoms with Crippen LogP contribution in [0.25, 0.3) is 0 Å². The molecule has 0 aromatic rings. The van der Waals surface area contributed by atoms with E-state index in [4.69, 9.17) is 4.74 Å². The molecule has 0 spiro atoms. The molecule has 0 radical (unpaired) electrons. The zero-order chi connectivity index (χ0) is 10.6. The van der Waals surface area contributed by atoms with Crippen molar-refractivity contribution in [3.05, 3.63) is 0 Å². The van der Waals surface area contributed by atoms with Crippen LogP contribution in [0.4, 0.5) is 0 Å². The zero-order valence-electron chi connectivity index (χ0n) is 9.49. The molecular weight excluding hydrogens is 178 g/mol. The van der Waals surface area contributed by atoms with Crippen LogP contribution in [0, 0.1) is 11.8 Å². The Hall–Kier alpha value is -0.120. The van der Waals surface area contributed by atoms with Gasteiger partial charge in [-0.15, -0.1) is 0 Å². The minimum absolute atomic E-state index is 0.375. The molecule has 2 atom stereocenters. The second-order valence-electron chi connectivity index (χ2n) is 4.62. The molecule has 1 saturated carbocycles. The van der Waals surface area contributed by atoms with Crippen LogP contribution in [0.3, 0.4) is 0 Å². The van der Waals surface area contributed by atoms with Gasteiger partial charge in [-0.1, -0.05) is 13.8 Å². The van der Waals surface area contributed by atoms with Gasteiger partial charge in [0.25, 0.3) is 0 Å². The molecule has 3 nitrogen and oxygen atoms in total.